The summed E-state index contributed by atoms with van der Waals surface area (Å²) in [5.41, 5.74) is -0.0435. The van der Waals surface area contributed by atoms with Gasteiger partial charge in [0.1, 0.15) is 11.5 Å². The fourth-order valence-electron chi connectivity index (χ4n) is 3.29. The first-order valence-corrected chi connectivity index (χ1v) is 14.9. The zero-order chi connectivity index (χ0) is 29.4. The number of hydrogen-bond donors (Lipinski definition) is 0. The number of unbranched alkanes of at least 4 members (excludes halogenated alkanes) is 1. The summed E-state index contributed by atoms with van der Waals surface area (Å²) in [5, 5.41) is 0. The molecule has 2 saturated heterocycles. The van der Waals surface area contributed by atoms with Gasteiger partial charge in [0, 0.05) is 36.6 Å². The minimum absolute atomic E-state index is 0. The van der Waals surface area contributed by atoms with E-state index in [0.29, 0.717) is 26.1 Å². The Morgan fingerprint density at radius 3 is 1.65 bits per heavy atom. The van der Waals surface area contributed by atoms with Crippen molar-refractivity contribution in [2.75, 3.05) is 18.1 Å². The van der Waals surface area contributed by atoms with E-state index in [9.17, 15) is 26.3 Å². The van der Waals surface area contributed by atoms with Gasteiger partial charge in [0.25, 0.3) is 0 Å². The molecule has 0 N–H and O–H groups in total. The van der Waals surface area contributed by atoms with Crippen LogP contribution in [0, 0.1) is 48.8 Å². The first-order valence-electron chi connectivity index (χ1n) is 12.7. The minimum atomic E-state index is -1.49. The average Bonchev–Trinajstić information content (AvgIpc) is 2.96. The van der Waals surface area contributed by atoms with Crippen LogP contribution < -0.4 is 28.3 Å². The quantitative estimate of drug-likeness (QED) is 0.0968. The molecule has 0 bridgehead atoms. The Morgan fingerprint density at radius 1 is 0.775 bits per heavy atom. The summed E-state index contributed by atoms with van der Waals surface area (Å²) in [4.78, 5) is 1.97. The minimum Gasteiger partial charge on any atom is -0.465 e. The van der Waals surface area contributed by atoms with Crippen molar-refractivity contribution in [1.82, 2.24) is 0 Å². The smallest absolute Gasteiger partial charge is 0.465 e. The third-order valence-corrected chi connectivity index (χ3v) is 5.47. The molecular weight excluding hydrogens is 648 g/mol. The van der Waals surface area contributed by atoms with Gasteiger partial charge in [-0.05, 0) is 37.5 Å². The second-order valence-corrected chi connectivity index (χ2v) is 8.49. The molecule has 12 heteroatoms. The molecule has 0 aliphatic carbocycles. The zero-order valence-electron chi connectivity index (χ0n) is 23.4. The maximum atomic E-state index is 13.3. The number of ether oxygens (including phenoxy) is 4. The van der Waals surface area contributed by atoms with E-state index in [1.807, 2.05) is 4.93 Å². The Labute approximate surface area is 258 Å². The van der Waals surface area contributed by atoms with E-state index in [0.717, 1.165) is 50.3 Å². The molecule has 0 spiro atoms. The number of halogens is 7. The van der Waals surface area contributed by atoms with E-state index in [2.05, 4.69) is 36.4 Å². The molecule has 2 heterocycles. The van der Waals surface area contributed by atoms with Crippen LogP contribution >= 0.6 is 22.6 Å². The molecule has 2 aromatic rings. The summed E-state index contributed by atoms with van der Waals surface area (Å²) in [7, 11) is 0. The van der Waals surface area contributed by atoms with Crippen molar-refractivity contribution in [2.24, 2.45) is 0 Å². The summed E-state index contributed by atoms with van der Waals surface area (Å²) in [6.07, 6.45) is 6.38. The summed E-state index contributed by atoms with van der Waals surface area (Å²) < 4.78 is 98.6. The summed E-state index contributed by atoms with van der Waals surface area (Å²) in [6.45, 7) is 8.20. The Balaban J connectivity index is 0.000000624. The molecule has 2 fully saturated rings. The fourth-order valence-corrected chi connectivity index (χ4v) is 3.29. The molecule has 2 atom stereocenters. The average molecular weight is 684 g/mol. The maximum Gasteiger partial charge on any atom is 1.00 e. The van der Waals surface area contributed by atoms with Crippen molar-refractivity contribution < 1.29 is 64.2 Å². The first kappa shape index (κ1) is 38.9. The SMILES string of the molecule is CI.Cc1c(OC2CCCCO2)cc(F)c(F)c1F.Fc1cc(OC2CCCCO2)cc(F)c1F.[CH2-]CCC.[Li+]. The first-order chi connectivity index (χ1) is 18.7. The molecule has 4 nitrogen and oxygen atoms in total. The van der Waals surface area contributed by atoms with Crippen LogP contribution in [0.3, 0.4) is 0 Å². The maximum absolute atomic E-state index is 13.3. The van der Waals surface area contributed by atoms with E-state index in [-0.39, 0.29) is 35.9 Å². The van der Waals surface area contributed by atoms with Gasteiger partial charge < -0.3 is 25.9 Å². The monoisotopic (exact) mass is 684 g/mol. The molecule has 222 valence electrons. The van der Waals surface area contributed by atoms with Crippen LogP contribution in [0.5, 0.6) is 11.5 Å². The van der Waals surface area contributed by atoms with E-state index < -0.39 is 47.5 Å². The topological polar surface area (TPSA) is 36.9 Å². The Bertz CT molecular complexity index is 965. The van der Waals surface area contributed by atoms with Crippen molar-refractivity contribution in [3.8, 4) is 11.5 Å². The Kier molecular flexibility index (Phi) is 20.9. The summed E-state index contributed by atoms with van der Waals surface area (Å²) in [6, 6.07) is 2.48. The van der Waals surface area contributed by atoms with Crippen LogP contribution in [0.25, 0.3) is 0 Å². The number of rotatable bonds is 5. The van der Waals surface area contributed by atoms with Crippen LogP contribution in [0.2, 0.25) is 0 Å². The normalized spacial score (nSPS) is 17.9. The molecule has 0 radical (unpaired) electrons. The van der Waals surface area contributed by atoms with E-state index >= 15 is 0 Å². The van der Waals surface area contributed by atoms with Crippen molar-refractivity contribution in [2.45, 2.75) is 77.8 Å². The van der Waals surface area contributed by atoms with E-state index in [4.69, 9.17) is 18.9 Å². The van der Waals surface area contributed by atoms with Crippen molar-refractivity contribution >= 4 is 22.6 Å². The van der Waals surface area contributed by atoms with Gasteiger partial charge >= 0.3 is 18.9 Å². The Hall–Kier alpha value is -1.13. The van der Waals surface area contributed by atoms with E-state index in [1.165, 1.54) is 13.3 Å². The fraction of sp³-hybridized carbons (Fsp3) is 0.536. The molecule has 2 aliphatic rings. The number of benzene rings is 2. The zero-order valence-corrected chi connectivity index (χ0v) is 25.6. The predicted octanol–water partition coefficient (Wildman–Crippen LogP) is 6.00. The van der Waals surface area contributed by atoms with Gasteiger partial charge in [-0.3, -0.25) is 0 Å². The van der Waals surface area contributed by atoms with Gasteiger partial charge in [-0.1, -0.05) is 35.9 Å². The third kappa shape index (κ3) is 13.2. The predicted molar refractivity (Wildman–Crippen MR) is 146 cm³/mol. The molecule has 0 amide bonds. The molecule has 0 aromatic heterocycles. The molecule has 0 saturated carbocycles. The molecule has 2 aromatic carbocycles. The Morgan fingerprint density at radius 2 is 1.23 bits per heavy atom. The van der Waals surface area contributed by atoms with Crippen molar-refractivity contribution in [1.29, 1.82) is 0 Å². The van der Waals surface area contributed by atoms with Gasteiger partial charge in [0.05, 0.1) is 13.2 Å². The summed E-state index contributed by atoms with van der Waals surface area (Å²) >= 11 is 2.15. The van der Waals surface area contributed by atoms with Crippen LogP contribution in [0.15, 0.2) is 18.2 Å². The number of alkyl halides is 1. The van der Waals surface area contributed by atoms with Crippen LogP contribution in [-0.2, 0) is 9.47 Å². The summed E-state index contributed by atoms with van der Waals surface area (Å²) in [5.74, 6) is -8.00. The molecule has 2 aliphatic heterocycles. The van der Waals surface area contributed by atoms with Crippen molar-refractivity contribution in [3.63, 3.8) is 0 Å². The standard InChI is InChI=1S/C12H13F3O2.C11H11F3O2.C4H9.CH3I.Li/c1-7-9(6-8(13)12(15)11(7)14)17-10-4-2-3-5-16-10;12-8-5-7(6-9(13)11(8)14)16-10-3-1-2-4-15-10;1-3-4-2;1-2;/h6,10H,2-5H2,1H3;5-6,10H,1-4H2;1,3-4H2,2H3;1H3;/q;;-1;;+1. The van der Waals surface area contributed by atoms with Crippen LogP contribution in [-0.4, -0.2) is 30.7 Å². The van der Waals surface area contributed by atoms with Gasteiger partial charge in [-0.15, -0.1) is 0 Å². The van der Waals surface area contributed by atoms with Gasteiger partial charge in [-0.2, -0.15) is 6.42 Å². The van der Waals surface area contributed by atoms with Gasteiger partial charge in [0.2, 0.25) is 0 Å². The second-order valence-electron chi connectivity index (χ2n) is 8.49. The van der Waals surface area contributed by atoms with Gasteiger partial charge in [-0.25, -0.2) is 26.3 Å². The molecule has 2 unspecified atom stereocenters. The second kappa shape index (κ2) is 21.6. The molecule has 4 rings (SSSR count). The molecule has 40 heavy (non-hydrogen) atoms. The third-order valence-electron chi connectivity index (χ3n) is 5.47. The van der Waals surface area contributed by atoms with Gasteiger partial charge in [0.15, 0.2) is 47.5 Å². The molecular formula is C28H36F6ILiO4. The van der Waals surface area contributed by atoms with Crippen molar-refractivity contribution in [3.05, 3.63) is 65.6 Å². The largest absolute Gasteiger partial charge is 1.00 e. The van der Waals surface area contributed by atoms with Crippen LogP contribution in [0.1, 0.15) is 63.9 Å². The number of hydrogen-bond acceptors (Lipinski definition) is 4. The van der Waals surface area contributed by atoms with Crippen LogP contribution in [0.4, 0.5) is 26.3 Å². The van der Waals surface area contributed by atoms with E-state index in [1.54, 1.807) is 0 Å².